The van der Waals surface area contributed by atoms with Gasteiger partial charge >= 0.3 is 6.09 Å². The summed E-state index contributed by atoms with van der Waals surface area (Å²) in [6.07, 6.45) is -0.224. The van der Waals surface area contributed by atoms with E-state index in [4.69, 9.17) is 9.57 Å². The fourth-order valence-electron chi connectivity index (χ4n) is 1.76. The minimum atomic E-state index is -1.20. The average molecular weight is 365 g/mol. The number of halogens is 1. The maximum Gasteiger partial charge on any atom is 0.434 e. The molecule has 20 heavy (non-hydrogen) atoms. The number of aromatic nitrogens is 1. The Hall–Kier alpha value is -0.700. The fraction of sp³-hybridized carbons (Fsp3) is 0.667. The second-order valence-electron chi connectivity index (χ2n) is 5.61. The van der Waals surface area contributed by atoms with Gasteiger partial charge in [0.2, 0.25) is 0 Å². The highest BCUT2D eigenvalue weighted by atomic mass is 79.9. The van der Waals surface area contributed by atoms with Crippen LogP contribution in [0.5, 0.6) is 0 Å². The number of β-amino-alcohol motifs (C(OH)–C–C–N with tert-alkyl or cyclic N) is 1. The third-order valence-corrected chi connectivity index (χ3v) is 4.38. The first-order valence-corrected chi connectivity index (χ1v) is 7.84. The molecule has 1 fully saturated rings. The van der Waals surface area contributed by atoms with Crippen LogP contribution in [0, 0.1) is 0 Å². The fourth-order valence-corrected chi connectivity index (χ4v) is 3.13. The standard InChI is InChI=1S/C12H17BrN2O4S/c1-11(2,3)19-10(16)15-7-12(17,4-5-18-15)9-14-8(13)6-20-9/h6,17H,4-5,7H2,1-3H3. The number of amides is 1. The Bertz CT molecular complexity index is 502. The van der Waals surface area contributed by atoms with Crippen LogP contribution in [0.4, 0.5) is 4.79 Å². The number of rotatable bonds is 1. The van der Waals surface area contributed by atoms with Crippen LogP contribution in [0.25, 0.3) is 0 Å². The average Bonchev–Trinajstić information content (AvgIpc) is 2.74. The normalized spacial score (nSPS) is 23.8. The number of thiazole rings is 1. The summed E-state index contributed by atoms with van der Waals surface area (Å²) in [5.74, 6) is 0. The molecule has 0 aliphatic carbocycles. The number of hydrogen-bond acceptors (Lipinski definition) is 6. The molecule has 1 amide bonds. The van der Waals surface area contributed by atoms with Crippen molar-refractivity contribution in [3.05, 3.63) is 15.0 Å². The second kappa shape index (κ2) is 5.59. The van der Waals surface area contributed by atoms with Gasteiger partial charge in [-0.3, -0.25) is 4.84 Å². The number of aliphatic hydroxyl groups is 1. The molecule has 1 unspecified atom stereocenters. The van der Waals surface area contributed by atoms with E-state index in [1.54, 1.807) is 26.2 Å². The van der Waals surface area contributed by atoms with Gasteiger partial charge in [0.15, 0.2) is 0 Å². The first-order valence-electron chi connectivity index (χ1n) is 6.17. The lowest BCUT2D eigenvalue weighted by molar-refractivity contribution is -0.219. The van der Waals surface area contributed by atoms with Gasteiger partial charge < -0.3 is 9.84 Å². The van der Waals surface area contributed by atoms with Crippen LogP contribution < -0.4 is 0 Å². The highest BCUT2D eigenvalue weighted by Gasteiger charge is 2.41. The maximum absolute atomic E-state index is 12.0. The molecule has 1 saturated heterocycles. The van der Waals surface area contributed by atoms with Crippen LogP contribution >= 0.6 is 27.3 Å². The zero-order chi connectivity index (χ0) is 15.0. The van der Waals surface area contributed by atoms with E-state index in [9.17, 15) is 9.90 Å². The topological polar surface area (TPSA) is 71.9 Å². The lowest BCUT2D eigenvalue weighted by Crippen LogP contribution is -2.50. The van der Waals surface area contributed by atoms with Crippen LogP contribution in [0.2, 0.25) is 0 Å². The molecule has 8 heteroatoms. The van der Waals surface area contributed by atoms with Gasteiger partial charge in [-0.05, 0) is 36.7 Å². The van der Waals surface area contributed by atoms with Gasteiger partial charge in [0.1, 0.15) is 20.8 Å². The highest BCUT2D eigenvalue weighted by Crippen LogP contribution is 2.33. The Morgan fingerprint density at radius 2 is 2.35 bits per heavy atom. The van der Waals surface area contributed by atoms with Crippen molar-refractivity contribution in [2.24, 2.45) is 0 Å². The lowest BCUT2D eigenvalue weighted by atomic mass is 10.00. The van der Waals surface area contributed by atoms with E-state index >= 15 is 0 Å². The van der Waals surface area contributed by atoms with Gasteiger partial charge in [0.25, 0.3) is 0 Å². The number of carbonyl (C=O) groups is 1. The van der Waals surface area contributed by atoms with E-state index in [-0.39, 0.29) is 13.2 Å². The zero-order valence-electron chi connectivity index (χ0n) is 11.6. The summed E-state index contributed by atoms with van der Waals surface area (Å²) < 4.78 is 5.90. The van der Waals surface area contributed by atoms with Crippen LogP contribution in [-0.4, -0.2) is 40.0 Å². The molecular weight excluding hydrogens is 348 g/mol. The summed E-state index contributed by atoms with van der Waals surface area (Å²) >= 11 is 4.60. The molecule has 6 nitrogen and oxygen atoms in total. The Kier molecular flexibility index (Phi) is 4.38. The minimum absolute atomic E-state index is 0.00185. The van der Waals surface area contributed by atoms with E-state index in [2.05, 4.69) is 20.9 Å². The summed E-state index contributed by atoms with van der Waals surface area (Å²) in [5.41, 5.74) is -1.81. The van der Waals surface area contributed by atoms with Gasteiger partial charge in [-0.25, -0.2) is 9.78 Å². The third kappa shape index (κ3) is 3.69. The van der Waals surface area contributed by atoms with Gasteiger partial charge in [0, 0.05) is 11.8 Å². The first-order chi connectivity index (χ1) is 9.20. The van der Waals surface area contributed by atoms with Crippen molar-refractivity contribution in [2.75, 3.05) is 13.2 Å². The predicted octanol–water partition coefficient (Wildman–Crippen LogP) is 2.67. The molecule has 0 aromatic carbocycles. The molecule has 1 aromatic heterocycles. The summed E-state index contributed by atoms with van der Waals surface area (Å²) in [7, 11) is 0. The predicted molar refractivity (Wildman–Crippen MR) is 77.2 cm³/mol. The van der Waals surface area contributed by atoms with Crippen molar-refractivity contribution >= 4 is 33.4 Å². The second-order valence-corrected chi connectivity index (χ2v) is 7.28. The van der Waals surface area contributed by atoms with Crippen LogP contribution in [0.15, 0.2) is 9.98 Å². The van der Waals surface area contributed by atoms with Crippen molar-refractivity contribution in [3.8, 4) is 0 Å². The van der Waals surface area contributed by atoms with Crippen molar-refractivity contribution in [2.45, 2.75) is 38.4 Å². The van der Waals surface area contributed by atoms with Gasteiger partial charge in [-0.15, -0.1) is 11.3 Å². The Morgan fingerprint density at radius 1 is 1.65 bits per heavy atom. The monoisotopic (exact) mass is 364 g/mol. The molecule has 1 aliphatic rings. The quantitative estimate of drug-likeness (QED) is 0.829. The Morgan fingerprint density at radius 3 is 2.90 bits per heavy atom. The van der Waals surface area contributed by atoms with Crippen molar-refractivity contribution < 1.29 is 19.5 Å². The third-order valence-electron chi connectivity index (χ3n) is 2.64. The van der Waals surface area contributed by atoms with Crippen LogP contribution in [-0.2, 0) is 15.2 Å². The van der Waals surface area contributed by atoms with Crippen LogP contribution in [0.1, 0.15) is 32.2 Å². The van der Waals surface area contributed by atoms with Gasteiger partial charge in [-0.1, -0.05) is 0 Å². The summed E-state index contributed by atoms with van der Waals surface area (Å²) in [6.45, 7) is 5.56. The summed E-state index contributed by atoms with van der Waals surface area (Å²) in [6, 6.07) is 0. The summed E-state index contributed by atoms with van der Waals surface area (Å²) in [4.78, 5) is 21.5. The van der Waals surface area contributed by atoms with Crippen molar-refractivity contribution in [3.63, 3.8) is 0 Å². The molecule has 0 saturated carbocycles. The van der Waals surface area contributed by atoms with Crippen molar-refractivity contribution in [1.29, 1.82) is 0 Å². The molecule has 2 heterocycles. The number of nitrogens with zero attached hydrogens (tertiary/aromatic N) is 2. The van der Waals surface area contributed by atoms with E-state index in [1.165, 1.54) is 11.3 Å². The zero-order valence-corrected chi connectivity index (χ0v) is 14.0. The highest BCUT2D eigenvalue weighted by molar-refractivity contribution is 9.10. The maximum atomic E-state index is 12.0. The molecule has 1 aliphatic heterocycles. The van der Waals surface area contributed by atoms with E-state index < -0.39 is 17.3 Å². The minimum Gasteiger partial charge on any atom is -0.442 e. The number of hydroxylamine groups is 2. The Labute approximate surface area is 129 Å². The SMILES string of the molecule is CC(C)(C)OC(=O)N1CC(O)(c2nc(Br)cs2)CCO1. The smallest absolute Gasteiger partial charge is 0.434 e. The van der Waals surface area contributed by atoms with E-state index in [1.807, 2.05) is 0 Å². The molecule has 112 valence electrons. The summed E-state index contributed by atoms with van der Waals surface area (Å²) in [5, 5.41) is 14.1. The molecule has 0 bridgehead atoms. The van der Waals surface area contributed by atoms with Gasteiger partial charge in [-0.2, -0.15) is 5.06 Å². The number of ether oxygens (including phenoxy) is 1. The molecule has 1 N–H and O–H groups in total. The lowest BCUT2D eigenvalue weighted by Gasteiger charge is -2.37. The Balaban J connectivity index is 2.10. The first kappa shape index (κ1) is 15.7. The number of carbonyl (C=O) groups excluding carboxylic acids is 1. The largest absolute Gasteiger partial charge is 0.442 e. The van der Waals surface area contributed by atoms with Crippen LogP contribution in [0.3, 0.4) is 0 Å². The van der Waals surface area contributed by atoms with E-state index in [0.717, 1.165) is 5.06 Å². The molecule has 0 radical (unpaired) electrons. The molecule has 2 rings (SSSR count). The molecule has 1 atom stereocenters. The molecule has 1 aromatic rings. The number of hydrogen-bond donors (Lipinski definition) is 1. The van der Waals surface area contributed by atoms with Crippen molar-refractivity contribution in [1.82, 2.24) is 10.0 Å². The van der Waals surface area contributed by atoms with E-state index in [0.29, 0.717) is 16.0 Å². The molecular formula is C12H17BrN2O4S. The van der Waals surface area contributed by atoms with Gasteiger partial charge in [0.05, 0.1) is 13.2 Å². The molecule has 0 spiro atoms.